The van der Waals surface area contributed by atoms with Crippen LogP contribution in [0.4, 0.5) is 23.1 Å². The largest absolute Gasteiger partial charge is 0.337 e. The van der Waals surface area contributed by atoms with Crippen molar-refractivity contribution in [3.8, 4) is 0 Å². The van der Waals surface area contributed by atoms with Gasteiger partial charge in [0.25, 0.3) is 0 Å². The summed E-state index contributed by atoms with van der Waals surface area (Å²) < 4.78 is 0. The van der Waals surface area contributed by atoms with Crippen LogP contribution in [0.5, 0.6) is 0 Å². The average molecular weight is 342 g/mol. The van der Waals surface area contributed by atoms with Crippen LogP contribution >= 0.6 is 0 Å². The molecule has 0 aliphatic rings. The number of anilines is 4. The molecule has 0 amide bonds. The van der Waals surface area contributed by atoms with Crippen LogP contribution in [-0.4, -0.2) is 20.2 Å². The molecule has 0 bridgehead atoms. The van der Waals surface area contributed by atoms with E-state index in [1.807, 2.05) is 48.5 Å². The highest BCUT2D eigenvalue weighted by atomic mass is 15.3. The number of nitrogens with zero attached hydrogens (tertiary/aromatic N) is 4. The van der Waals surface area contributed by atoms with Crippen LogP contribution in [0.25, 0.3) is 10.9 Å². The van der Waals surface area contributed by atoms with Gasteiger partial charge in [0.2, 0.25) is 5.95 Å². The molecule has 128 valence electrons. The smallest absolute Gasteiger partial charge is 0.249 e. The van der Waals surface area contributed by atoms with Gasteiger partial charge in [-0.25, -0.2) is 0 Å². The zero-order valence-electron chi connectivity index (χ0n) is 14.3. The Morgan fingerprint density at radius 2 is 1.73 bits per heavy atom. The van der Waals surface area contributed by atoms with Crippen LogP contribution in [0.3, 0.4) is 0 Å². The van der Waals surface area contributed by atoms with Gasteiger partial charge in [0.15, 0.2) is 5.82 Å². The minimum absolute atomic E-state index is 0.448. The Labute approximate surface area is 151 Å². The quantitative estimate of drug-likeness (QED) is 0.557. The van der Waals surface area contributed by atoms with Gasteiger partial charge in [-0.05, 0) is 30.2 Å². The number of aryl methyl sites for hydroxylation is 1. The van der Waals surface area contributed by atoms with Crippen molar-refractivity contribution < 1.29 is 0 Å². The summed E-state index contributed by atoms with van der Waals surface area (Å²) >= 11 is 0. The van der Waals surface area contributed by atoms with Crippen LogP contribution in [0.1, 0.15) is 12.5 Å². The summed E-state index contributed by atoms with van der Waals surface area (Å²) in [5, 5.41) is 15.7. The Kier molecular flexibility index (Phi) is 4.38. The minimum atomic E-state index is 0.448. The van der Waals surface area contributed by atoms with Crippen molar-refractivity contribution in [2.24, 2.45) is 0 Å². The zero-order chi connectivity index (χ0) is 17.8. The van der Waals surface area contributed by atoms with E-state index in [4.69, 9.17) is 0 Å². The number of para-hydroxylation sites is 2. The Balaban J connectivity index is 1.62. The van der Waals surface area contributed by atoms with Gasteiger partial charge < -0.3 is 10.6 Å². The molecule has 6 heteroatoms. The van der Waals surface area contributed by atoms with Crippen LogP contribution in [0.2, 0.25) is 0 Å². The second-order valence-corrected chi connectivity index (χ2v) is 5.81. The molecule has 4 rings (SSSR count). The van der Waals surface area contributed by atoms with E-state index in [1.54, 1.807) is 12.4 Å². The standard InChI is InChI=1S/C20H18N6/c1-2-14-7-3-4-10-16(14)24-20-25-18(13-22-26-20)23-17-11-5-8-15-9-6-12-21-19(15)17/h3-13H,2H2,1H3,(H2,23,24,25,26). The van der Waals surface area contributed by atoms with Gasteiger partial charge in [-0.2, -0.15) is 10.1 Å². The third-order valence-electron chi connectivity index (χ3n) is 4.10. The first-order chi connectivity index (χ1) is 12.8. The number of rotatable bonds is 5. The summed E-state index contributed by atoms with van der Waals surface area (Å²) in [6, 6.07) is 18.0. The van der Waals surface area contributed by atoms with Crippen LogP contribution in [-0.2, 0) is 6.42 Å². The number of pyridine rings is 1. The van der Waals surface area contributed by atoms with Gasteiger partial charge in [0.05, 0.1) is 17.4 Å². The summed E-state index contributed by atoms with van der Waals surface area (Å²) in [7, 11) is 0. The van der Waals surface area contributed by atoms with Crippen molar-refractivity contribution in [3.63, 3.8) is 0 Å². The molecule has 4 aromatic rings. The lowest BCUT2D eigenvalue weighted by molar-refractivity contribution is 0.980. The number of hydrogen-bond acceptors (Lipinski definition) is 6. The highest BCUT2D eigenvalue weighted by molar-refractivity contribution is 5.91. The lowest BCUT2D eigenvalue weighted by atomic mass is 10.1. The van der Waals surface area contributed by atoms with E-state index in [0.29, 0.717) is 11.8 Å². The Morgan fingerprint density at radius 3 is 2.65 bits per heavy atom. The first-order valence-corrected chi connectivity index (χ1v) is 8.49. The van der Waals surface area contributed by atoms with E-state index < -0.39 is 0 Å². The molecular weight excluding hydrogens is 324 g/mol. The predicted molar refractivity (Wildman–Crippen MR) is 104 cm³/mol. The maximum Gasteiger partial charge on any atom is 0.249 e. The second kappa shape index (κ2) is 7.14. The average Bonchev–Trinajstić information content (AvgIpc) is 2.69. The van der Waals surface area contributed by atoms with Crippen molar-refractivity contribution in [3.05, 3.63) is 72.6 Å². The summed E-state index contributed by atoms with van der Waals surface area (Å²) in [5.41, 5.74) is 3.96. The van der Waals surface area contributed by atoms with Crippen molar-refractivity contribution in [2.75, 3.05) is 10.6 Å². The third-order valence-corrected chi connectivity index (χ3v) is 4.10. The lowest BCUT2D eigenvalue weighted by Crippen LogP contribution is -2.04. The van der Waals surface area contributed by atoms with Gasteiger partial charge >= 0.3 is 0 Å². The minimum Gasteiger partial charge on any atom is -0.337 e. The highest BCUT2D eigenvalue weighted by Gasteiger charge is 2.07. The maximum absolute atomic E-state index is 4.52. The Morgan fingerprint density at radius 1 is 0.885 bits per heavy atom. The van der Waals surface area contributed by atoms with Gasteiger partial charge in [0.1, 0.15) is 0 Å². The fraction of sp³-hybridized carbons (Fsp3) is 0.100. The van der Waals surface area contributed by atoms with Gasteiger partial charge in [0, 0.05) is 17.3 Å². The molecular formula is C20H18N6. The molecule has 2 aromatic heterocycles. The van der Waals surface area contributed by atoms with Gasteiger partial charge in [-0.3, -0.25) is 4.98 Å². The number of nitrogens with one attached hydrogen (secondary N) is 2. The van der Waals surface area contributed by atoms with E-state index in [2.05, 4.69) is 43.8 Å². The molecule has 0 radical (unpaired) electrons. The summed E-state index contributed by atoms with van der Waals surface area (Å²) in [6.07, 6.45) is 4.30. The third kappa shape index (κ3) is 3.30. The molecule has 0 aliphatic carbocycles. The van der Waals surface area contributed by atoms with Gasteiger partial charge in [-0.15, -0.1) is 5.10 Å². The first-order valence-electron chi connectivity index (χ1n) is 8.49. The van der Waals surface area contributed by atoms with Crippen molar-refractivity contribution in [1.82, 2.24) is 20.2 Å². The van der Waals surface area contributed by atoms with Crippen LogP contribution in [0.15, 0.2) is 67.0 Å². The Bertz CT molecular complexity index is 1040. The second-order valence-electron chi connectivity index (χ2n) is 5.81. The fourth-order valence-corrected chi connectivity index (χ4v) is 2.83. The SMILES string of the molecule is CCc1ccccc1Nc1nncc(Nc2cccc3cccnc23)n1. The van der Waals surface area contributed by atoms with E-state index >= 15 is 0 Å². The number of hydrogen-bond donors (Lipinski definition) is 2. The summed E-state index contributed by atoms with van der Waals surface area (Å²) in [5.74, 6) is 1.05. The number of fused-ring (bicyclic) bond motifs is 1. The van der Waals surface area contributed by atoms with Gasteiger partial charge in [-0.1, -0.05) is 43.3 Å². The van der Waals surface area contributed by atoms with Crippen LogP contribution in [0, 0.1) is 0 Å². The van der Waals surface area contributed by atoms with E-state index in [1.165, 1.54) is 5.56 Å². The summed E-state index contributed by atoms with van der Waals surface area (Å²) in [4.78, 5) is 8.97. The van der Waals surface area contributed by atoms with E-state index in [-0.39, 0.29) is 0 Å². The molecule has 2 heterocycles. The zero-order valence-corrected chi connectivity index (χ0v) is 14.3. The van der Waals surface area contributed by atoms with E-state index in [9.17, 15) is 0 Å². The molecule has 2 N–H and O–H groups in total. The number of aromatic nitrogens is 4. The maximum atomic E-state index is 4.52. The molecule has 0 saturated heterocycles. The number of benzene rings is 2. The molecule has 0 saturated carbocycles. The molecule has 0 aliphatic heterocycles. The molecule has 0 unspecified atom stereocenters. The molecule has 6 nitrogen and oxygen atoms in total. The normalized spacial score (nSPS) is 10.7. The summed E-state index contributed by atoms with van der Waals surface area (Å²) in [6.45, 7) is 2.12. The van der Waals surface area contributed by atoms with Crippen molar-refractivity contribution in [1.29, 1.82) is 0 Å². The van der Waals surface area contributed by atoms with Crippen LogP contribution < -0.4 is 10.6 Å². The lowest BCUT2D eigenvalue weighted by Gasteiger charge is -2.11. The molecule has 26 heavy (non-hydrogen) atoms. The monoisotopic (exact) mass is 342 g/mol. The molecule has 0 atom stereocenters. The molecule has 2 aromatic carbocycles. The topological polar surface area (TPSA) is 75.6 Å². The van der Waals surface area contributed by atoms with Crippen molar-refractivity contribution >= 4 is 34.0 Å². The first kappa shape index (κ1) is 16.0. The molecule has 0 fully saturated rings. The fourth-order valence-electron chi connectivity index (χ4n) is 2.83. The van der Waals surface area contributed by atoms with Crippen molar-refractivity contribution in [2.45, 2.75) is 13.3 Å². The highest BCUT2D eigenvalue weighted by Crippen LogP contribution is 2.24. The molecule has 0 spiro atoms. The van der Waals surface area contributed by atoms with E-state index in [0.717, 1.165) is 28.7 Å². The Hall–Kier alpha value is -3.54. The predicted octanol–water partition coefficient (Wildman–Crippen LogP) is 4.47.